The molecule has 4 N–H and O–H groups in total. The molecule has 36 heavy (non-hydrogen) atoms. The average Bonchev–Trinajstić information content (AvgIpc) is 3.55. The largest absolute Gasteiger partial charge is 0.369 e. The summed E-state index contributed by atoms with van der Waals surface area (Å²) < 4.78 is 0. The van der Waals surface area contributed by atoms with Crippen LogP contribution >= 0.6 is 0 Å². The molecule has 1 saturated carbocycles. The minimum Gasteiger partial charge on any atom is -0.369 e. The highest BCUT2D eigenvalue weighted by Crippen LogP contribution is 2.41. The second kappa shape index (κ2) is 9.22. The number of Topliss-reactive ketones (excluding diaryl/α,β-unsaturated/α-hetero) is 1. The van der Waals surface area contributed by atoms with E-state index in [9.17, 15) is 9.90 Å². The lowest BCUT2D eigenvalue weighted by Gasteiger charge is -2.40. The highest BCUT2D eigenvalue weighted by atomic mass is 16.3. The van der Waals surface area contributed by atoms with Crippen molar-refractivity contribution in [2.24, 2.45) is 0 Å². The number of ketones is 1. The number of aliphatic hydroxyl groups excluding tert-OH is 1. The molecule has 9 nitrogen and oxygen atoms in total. The monoisotopic (exact) mass is 487 g/mol. The van der Waals surface area contributed by atoms with Gasteiger partial charge in [-0.1, -0.05) is 12.8 Å². The molecule has 1 aromatic carbocycles. The van der Waals surface area contributed by atoms with E-state index in [0.29, 0.717) is 17.3 Å². The molecule has 0 spiro atoms. The van der Waals surface area contributed by atoms with Crippen molar-refractivity contribution in [2.75, 3.05) is 41.3 Å². The number of carbonyl (C=O) groups excluding carboxylic acids is 1. The normalized spacial score (nSPS) is 20.8. The maximum atomic E-state index is 12.4. The zero-order valence-electron chi connectivity index (χ0n) is 20.8. The second-order valence-electron chi connectivity index (χ2n) is 10.0. The van der Waals surface area contributed by atoms with Gasteiger partial charge >= 0.3 is 0 Å². The molecule has 2 aromatic heterocycles. The minimum absolute atomic E-state index is 0.115. The Morgan fingerprint density at radius 3 is 2.72 bits per heavy atom. The quantitative estimate of drug-likeness (QED) is 0.433. The van der Waals surface area contributed by atoms with Crippen LogP contribution in [-0.2, 0) is 4.79 Å². The summed E-state index contributed by atoms with van der Waals surface area (Å²) in [4.78, 5) is 29.6. The summed E-state index contributed by atoms with van der Waals surface area (Å²) in [6.45, 7) is 7.38. The standard InChI is InChI=1S/C27H33N7O2/c1-16-21-14-30-27(32-25(21)34(19-5-3-4-6-19)26(36)24(16)17(2)35)31-18-7-8-20-22(13-18)29-15-23(20)33-11-9-28-10-12-33/h7-8,13-15,19,26,28-29,36H,3-6,9-12H2,1-2H3,(H,30,31,32). The zero-order valence-corrected chi connectivity index (χ0v) is 20.8. The maximum absolute atomic E-state index is 12.4. The van der Waals surface area contributed by atoms with Gasteiger partial charge in [-0.05, 0) is 50.5 Å². The summed E-state index contributed by atoms with van der Waals surface area (Å²) in [5, 5.41) is 19.2. The van der Waals surface area contributed by atoms with Crippen molar-refractivity contribution in [3.63, 3.8) is 0 Å². The van der Waals surface area contributed by atoms with E-state index in [1.165, 1.54) is 18.0 Å². The summed E-state index contributed by atoms with van der Waals surface area (Å²) in [5.41, 5.74) is 5.17. The lowest BCUT2D eigenvalue weighted by molar-refractivity contribution is -0.114. The molecule has 1 aliphatic carbocycles. The predicted octanol–water partition coefficient (Wildman–Crippen LogP) is 3.55. The number of aromatic nitrogens is 3. The first-order valence-corrected chi connectivity index (χ1v) is 12.9. The SMILES string of the molecule is CC(=O)C1=C(C)c2cnc(Nc3ccc4c(N5CCNCC5)c[nH]c4c3)nc2N(C2CCCC2)C1O. The molecular formula is C27H33N7O2. The maximum Gasteiger partial charge on any atom is 0.229 e. The van der Waals surface area contributed by atoms with Gasteiger partial charge in [-0.3, -0.25) is 4.79 Å². The fourth-order valence-electron chi connectivity index (χ4n) is 5.97. The van der Waals surface area contributed by atoms with E-state index in [1.807, 2.05) is 17.9 Å². The molecule has 2 fully saturated rings. The third kappa shape index (κ3) is 3.92. The number of allylic oxidation sites excluding steroid dienone is 1. The van der Waals surface area contributed by atoms with Crippen molar-refractivity contribution < 1.29 is 9.90 Å². The van der Waals surface area contributed by atoms with Crippen molar-refractivity contribution in [2.45, 2.75) is 51.8 Å². The summed E-state index contributed by atoms with van der Waals surface area (Å²) in [5.74, 6) is 1.04. The number of aliphatic hydroxyl groups is 1. The van der Waals surface area contributed by atoms with Gasteiger partial charge in [0.1, 0.15) is 5.82 Å². The number of hydrogen-bond donors (Lipinski definition) is 4. The lowest BCUT2D eigenvalue weighted by Crippen LogP contribution is -2.47. The van der Waals surface area contributed by atoms with E-state index in [1.54, 1.807) is 6.20 Å². The van der Waals surface area contributed by atoms with Gasteiger partial charge in [-0.2, -0.15) is 4.98 Å². The summed E-state index contributed by atoms with van der Waals surface area (Å²) in [6, 6.07) is 6.41. The van der Waals surface area contributed by atoms with E-state index < -0.39 is 6.23 Å². The third-order valence-electron chi connectivity index (χ3n) is 7.81. The van der Waals surface area contributed by atoms with Crippen LogP contribution in [0.5, 0.6) is 0 Å². The number of piperazine rings is 1. The van der Waals surface area contributed by atoms with E-state index >= 15 is 0 Å². The van der Waals surface area contributed by atoms with Crippen molar-refractivity contribution >= 4 is 45.4 Å². The number of carbonyl (C=O) groups is 1. The molecule has 0 bridgehead atoms. The molecule has 1 unspecified atom stereocenters. The molecule has 3 aromatic rings. The van der Waals surface area contributed by atoms with Crippen LogP contribution in [0.1, 0.15) is 45.1 Å². The van der Waals surface area contributed by atoms with E-state index in [4.69, 9.17) is 4.98 Å². The van der Waals surface area contributed by atoms with Crippen LogP contribution < -0.4 is 20.4 Å². The van der Waals surface area contributed by atoms with Crippen molar-refractivity contribution in [3.8, 4) is 0 Å². The molecule has 1 atom stereocenters. The number of benzene rings is 1. The van der Waals surface area contributed by atoms with Crippen molar-refractivity contribution in [1.29, 1.82) is 0 Å². The van der Waals surface area contributed by atoms with Crippen LogP contribution in [0.2, 0.25) is 0 Å². The Hall–Kier alpha value is -3.43. The molecule has 0 amide bonds. The van der Waals surface area contributed by atoms with Gasteiger partial charge in [0, 0.05) is 72.3 Å². The molecule has 9 heteroatoms. The number of fused-ring (bicyclic) bond motifs is 2. The van der Waals surface area contributed by atoms with Gasteiger partial charge in [0.2, 0.25) is 5.95 Å². The number of H-pyrrole nitrogens is 1. The Morgan fingerprint density at radius 2 is 1.97 bits per heavy atom. The predicted molar refractivity (Wildman–Crippen MR) is 143 cm³/mol. The number of rotatable bonds is 5. The highest BCUT2D eigenvalue weighted by molar-refractivity contribution is 6.04. The van der Waals surface area contributed by atoms with Crippen molar-refractivity contribution in [1.82, 2.24) is 20.3 Å². The van der Waals surface area contributed by atoms with E-state index in [0.717, 1.165) is 74.2 Å². The third-order valence-corrected chi connectivity index (χ3v) is 7.81. The van der Waals surface area contributed by atoms with Crippen LogP contribution in [0.25, 0.3) is 16.5 Å². The van der Waals surface area contributed by atoms with Gasteiger partial charge < -0.3 is 30.5 Å². The average molecular weight is 488 g/mol. The molecule has 0 radical (unpaired) electrons. The summed E-state index contributed by atoms with van der Waals surface area (Å²) in [6.07, 6.45) is 7.05. The fourth-order valence-corrected chi connectivity index (χ4v) is 5.97. The summed E-state index contributed by atoms with van der Waals surface area (Å²) >= 11 is 0. The van der Waals surface area contributed by atoms with E-state index in [-0.39, 0.29) is 11.8 Å². The first-order valence-electron chi connectivity index (χ1n) is 12.9. The molecule has 4 heterocycles. The first kappa shape index (κ1) is 23.0. The number of aromatic amines is 1. The highest BCUT2D eigenvalue weighted by Gasteiger charge is 2.38. The van der Waals surface area contributed by atoms with Crippen LogP contribution in [0, 0.1) is 0 Å². The van der Waals surface area contributed by atoms with Gasteiger partial charge in [0.05, 0.1) is 5.69 Å². The molecule has 188 valence electrons. The molecule has 2 aliphatic heterocycles. The fraction of sp³-hybridized carbons (Fsp3) is 0.444. The van der Waals surface area contributed by atoms with Crippen LogP contribution in [-0.4, -0.2) is 64.3 Å². The van der Waals surface area contributed by atoms with Gasteiger partial charge in [0.25, 0.3) is 0 Å². The summed E-state index contributed by atoms with van der Waals surface area (Å²) in [7, 11) is 0. The molecule has 1 saturated heterocycles. The number of nitrogens with one attached hydrogen (secondary N) is 3. The van der Waals surface area contributed by atoms with E-state index in [2.05, 4.69) is 43.8 Å². The van der Waals surface area contributed by atoms with Gasteiger partial charge in [0.15, 0.2) is 12.0 Å². The van der Waals surface area contributed by atoms with Crippen LogP contribution in [0.15, 0.2) is 36.2 Å². The Morgan fingerprint density at radius 1 is 1.19 bits per heavy atom. The topological polar surface area (TPSA) is 109 Å². The minimum atomic E-state index is -0.987. The smallest absolute Gasteiger partial charge is 0.229 e. The Kier molecular flexibility index (Phi) is 5.89. The van der Waals surface area contributed by atoms with Crippen LogP contribution in [0.4, 0.5) is 23.1 Å². The zero-order chi connectivity index (χ0) is 24.8. The Bertz CT molecular complexity index is 1340. The number of anilines is 4. The Balaban J connectivity index is 1.32. The number of nitrogens with zero attached hydrogens (tertiary/aromatic N) is 4. The van der Waals surface area contributed by atoms with Gasteiger partial charge in [-0.15, -0.1) is 0 Å². The Labute approximate surface area is 210 Å². The van der Waals surface area contributed by atoms with Crippen molar-refractivity contribution in [3.05, 3.63) is 41.7 Å². The first-order chi connectivity index (χ1) is 17.5. The molecule has 6 rings (SSSR count). The molecule has 3 aliphatic rings. The van der Waals surface area contributed by atoms with Gasteiger partial charge in [-0.25, -0.2) is 4.98 Å². The molecular weight excluding hydrogens is 454 g/mol. The number of hydrogen-bond acceptors (Lipinski definition) is 8. The second-order valence-corrected chi connectivity index (χ2v) is 10.0. The van der Waals surface area contributed by atoms with Crippen LogP contribution in [0.3, 0.4) is 0 Å². The lowest BCUT2D eigenvalue weighted by atomic mass is 9.93.